The van der Waals surface area contributed by atoms with Gasteiger partial charge in [0.05, 0.1) is 5.69 Å². The highest BCUT2D eigenvalue weighted by Crippen LogP contribution is 2.48. The third-order valence-corrected chi connectivity index (χ3v) is 9.23. The van der Waals surface area contributed by atoms with Crippen molar-refractivity contribution in [1.29, 1.82) is 0 Å². The summed E-state index contributed by atoms with van der Waals surface area (Å²) in [7, 11) is 2.17. The molecule has 3 heterocycles. The first-order valence-electron chi connectivity index (χ1n) is 12.7. The topological polar surface area (TPSA) is 36.4 Å². The summed E-state index contributed by atoms with van der Waals surface area (Å²) in [5, 5.41) is 0.801. The molecule has 182 valence electrons. The van der Waals surface area contributed by atoms with Gasteiger partial charge in [-0.3, -0.25) is 9.78 Å². The molecule has 0 bridgehead atoms. The van der Waals surface area contributed by atoms with E-state index in [4.69, 9.17) is 16.6 Å². The zero-order chi connectivity index (χ0) is 23.9. The fourth-order valence-electron chi connectivity index (χ4n) is 6.75. The molecule has 3 aliphatic rings. The van der Waals surface area contributed by atoms with Gasteiger partial charge >= 0.3 is 0 Å². The van der Waals surface area contributed by atoms with Crippen LogP contribution in [0.4, 0.5) is 0 Å². The Kier molecular flexibility index (Phi) is 7.07. The van der Waals surface area contributed by atoms with Gasteiger partial charge in [0.25, 0.3) is 0 Å². The summed E-state index contributed by atoms with van der Waals surface area (Å²) in [6, 6.07) is 8.65. The third-order valence-electron chi connectivity index (χ3n) is 8.57. The van der Waals surface area contributed by atoms with Gasteiger partial charge in [-0.15, -0.1) is 0 Å². The number of carbonyl (C=O) groups is 1. The van der Waals surface area contributed by atoms with E-state index in [1.165, 1.54) is 35.2 Å². The average molecular weight is 545 g/mol. The Hall–Kier alpha value is -1.43. The molecule has 2 saturated heterocycles. The van der Waals surface area contributed by atoms with Gasteiger partial charge in [-0.1, -0.05) is 17.7 Å². The minimum absolute atomic E-state index is 0.187. The Balaban J connectivity index is 1.38. The van der Waals surface area contributed by atoms with E-state index in [1.54, 1.807) is 0 Å². The molecule has 1 aromatic carbocycles. The molecular weight excluding hydrogens is 510 g/mol. The minimum Gasteiger partial charge on any atom is -0.343 e. The number of halogens is 2. The lowest BCUT2D eigenvalue weighted by atomic mass is 9.64. The van der Waals surface area contributed by atoms with Crippen LogP contribution in [0, 0.1) is 11.8 Å². The molecule has 0 spiro atoms. The number of aromatic nitrogens is 1. The molecule has 2 aromatic rings. The maximum atomic E-state index is 13.1. The number of benzene rings is 1. The molecule has 5 rings (SSSR count). The molecule has 4 nitrogen and oxygen atoms in total. The second-order valence-electron chi connectivity index (χ2n) is 10.8. The number of hydrogen-bond donors (Lipinski definition) is 0. The lowest BCUT2D eigenvalue weighted by Gasteiger charge is -2.44. The van der Waals surface area contributed by atoms with Crippen LogP contribution in [0.3, 0.4) is 0 Å². The van der Waals surface area contributed by atoms with Crippen LogP contribution in [0.2, 0.25) is 5.02 Å². The van der Waals surface area contributed by atoms with E-state index < -0.39 is 0 Å². The molecule has 6 heteroatoms. The number of carbonyl (C=O) groups excluding carboxylic acids is 1. The number of pyridine rings is 1. The Labute approximate surface area is 217 Å². The minimum atomic E-state index is -0.187. The van der Waals surface area contributed by atoms with Gasteiger partial charge in [0.1, 0.15) is 0 Å². The summed E-state index contributed by atoms with van der Waals surface area (Å²) in [5.41, 5.74) is 5.04. The van der Waals surface area contributed by atoms with E-state index in [-0.39, 0.29) is 5.41 Å². The molecule has 0 N–H and O–H groups in total. The van der Waals surface area contributed by atoms with Crippen LogP contribution >= 0.6 is 27.5 Å². The van der Waals surface area contributed by atoms with Gasteiger partial charge in [-0.2, -0.15) is 0 Å². The summed E-state index contributed by atoms with van der Waals surface area (Å²) in [6.45, 7) is 6.28. The summed E-state index contributed by atoms with van der Waals surface area (Å²) >= 11 is 10.1. The highest BCUT2D eigenvalue weighted by Gasteiger charge is 2.44. The van der Waals surface area contributed by atoms with Crippen molar-refractivity contribution in [3.63, 3.8) is 0 Å². The first kappa shape index (κ1) is 24.3. The summed E-state index contributed by atoms with van der Waals surface area (Å²) < 4.78 is 1.03. The van der Waals surface area contributed by atoms with E-state index in [0.717, 1.165) is 61.4 Å². The highest BCUT2D eigenvalue weighted by molar-refractivity contribution is 9.10. The van der Waals surface area contributed by atoms with E-state index in [1.807, 2.05) is 12.3 Å². The van der Waals surface area contributed by atoms with Gasteiger partial charge in [-0.25, -0.2) is 0 Å². The average Bonchev–Trinajstić information content (AvgIpc) is 2.94. The SMILES string of the molecule is CN1CCCC(CC(=O)N2CCC(C3(C)c4ccc(Cl)cc4CCc4cc(Br)cnc43)CC2)C1. The first-order valence-corrected chi connectivity index (χ1v) is 13.9. The second kappa shape index (κ2) is 9.91. The van der Waals surface area contributed by atoms with Crippen LogP contribution < -0.4 is 0 Å². The van der Waals surface area contributed by atoms with Crippen LogP contribution in [0.5, 0.6) is 0 Å². The van der Waals surface area contributed by atoms with Crippen molar-refractivity contribution < 1.29 is 4.79 Å². The molecule has 0 saturated carbocycles. The normalized spacial score (nSPS) is 26.0. The van der Waals surface area contributed by atoms with Gasteiger partial charge < -0.3 is 9.80 Å². The molecule has 2 atom stereocenters. The largest absolute Gasteiger partial charge is 0.343 e. The zero-order valence-corrected chi connectivity index (χ0v) is 22.7. The Morgan fingerprint density at radius 1 is 1.15 bits per heavy atom. The fourth-order valence-corrected chi connectivity index (χ4v) is 7.32. The van der Waals surface area contributed by atoms with Crippen LogP contribution in [-0.2, 0) is 23.1 Å². The molecule has 2 aliphatic heterocycles. The lowest BCUT2D eigenvalue weighted by Crippen LogP contribution is -2.46. The highest BCUT2D eigenvalue weighted by atomic mass is 79.9. The van der Waals surface area contributed by atoms with Crippen LogP contribution in [-0.4, -0.2) is 53.9 Å². The molecule has 2 unspecified atom stereocenters. The van der Waals surface area contributed by atoms with Crippen molar-refractivity contribution in [3.8, 4) is 0 Å². The van der Waals surface area contributed by atoms with Crippen molar-refractivity contribution in [3.05, 3.63) is 62.3 Å². The van der Waals surface area contributed by atoms with Gasteiger partial charge in [0.2, 0.25) is 5.91 Å². The quantitative estimate of drug-likeness (QED) is 0.485. The lowest BCUT2D eigenvalue weighted by molar-refractivity contribution is -0.134. The molecule has 34 heavy (non-hydrogen) atoms. The third kappa shape index (κ3) is 4.68. The standard InChI is InChI=1S/C28H35BrClN3O/c1-28(22-9-12-33(13-10-22)26(34)14-19-4-3-11-32(2)18-19)25-8-7-24(30)16-20(25)5-6-21-15-23(29)17-31-27(21)28/h7-8,15-17,19,22H,3-6,9-14,18H2,1-2H3. The number of amides is 1. The van der Waals surface area contributed by atoms with Crippen LogP contribution in [0.15, 0.2) is 34.9 Å². The summed E-state index contributed by atoms with van der Waals surface area (Å²) in [5.74, 6) is 1.29. The number of rotatable bonds is 3. The van der Waals surface area contributed by atoms with Gasteiger partial charge in [-0.05, 0) is 122 Å². The monoisotopic (exact) mass is 543 g/mol. The number of aryl methyl sites for hydroxylation is 2. The molecule has 1 aromatic heterocycles. The van der Waals surface area contributed by atoms with Crippen molar-refractivity contribution in [2.45, 2.75) is 57.3 Å². The van der Waals surface area contributed by atoms with Crippen molar-refractivity contribution in [2.24, 2.45) is 11.8 Å². The maximum absolute atomic E-state index is 13.1. The summed E-state index contributed by atoms with van der Waals surface area (Å²) in [6.07, 6.45) is 8.99. The number of piperidine rings is 2. The smallest absolute Gasteiger partial charge is 0.222 e. The van der Waals surface area contributed by atoms with Crippen LogP contribution in [0.1, 0.15) is 61.4 Å². The zero-order valence-electron chi connectivity index (χ0n) is 20.3. The van der Waals surface area contributed by atoms with Gasteiger partial charge in [0.15, 0.2) is 0 Å². The number of nitrogens with zero attached hydrogens (tertiary/aromatic N) is 3. The van der Waals surface area contributed by atoms with Crippen molar-refractivity contribution in [2.75, 3.05) is 33.2 Å². The van der Waals surface area contributed by atoms with E-state index >= 15 is 0 Å². The van der Waals surface area contributed by atoms with Crippen molar-refractivity contribution in [1.82, 2.24) is 14.8 Å². The Morgan fingerprint density at radius 2 is 1.91 bits per heavy atom. The molecular formula is C28H35BrClN3O. The number of hydrogen-bond acceptors (Lipinski definition) is 3. The molecule has 2 fully saturated rings. The molecule has 1 aliphatic carbocycles. The number of likely N-dealkylation sites (tertiary alicyclic amines) is 2. The Bertz CT molecular complexity index is 1010. The summed E-state index contributed by atoms with van der Waals surface area (Å²) in [4.78, 5) is 22.6. The van der Waals surface area contributed by atoms with E-state index in [0.29, 0.717) is 24.2 Å². The van der Waals surface area contributed by atoms with E-state index in [9.17, 15) is 4.79 Å². The maximum Gasteiger partial charge on any atom is 0.222 e. The van der Waals surface area contributed by atoms with Crippen molar-refractivity contribution >= 4 is 33.4 Å². The number of fused-ring (bicyclic) bond motifs is 2. The predicted octanol–water partition coefficient (Wildman–Crippen LogP) is 5.87. The van der Waals surface area contributed by atoms with Crippen LogP contribution in [0.25, 0.3) is 0 Å². The van der Waals surface area contributed by atoms with E-state index in [2.05, 4.69) is 57.9 Å². The molecule has 0 radical (unpaired) electrons. The molecule has 1 amide bonds. The van der Waals surface area contributed by atoms with Gasteiger partial charge in [0, 0.05) is 47.2 Å². The fraction of sp³-hybridized carbons (Fsp3) is 0.571. The Morgan fingerprint density at radius 3 is 2.68 bits per heavy atom. The predicted molar refractivity (Wildman–Crippen MR) is 141 cm³/mol. The first-order chi connectivity index (χ1) is 16.3. The second-order valence-corrected chi connectivity index (χ2v) is 12.1.